The smallest absolute Gasteiger partial charge is 0.0452 e. The van der Waals surface area contributed by atoms with Crippen molar-refractivity contribution in [1.82, 2.24) is 0 Å². The van der Waals surface area contributed by atoms with E-state index in [1.165, 1.54) is 0 Å². The van der Waals surface area contributed by atoms with Gasteiger partial charge in [0, 0.05) is 10.0 Å². The Labute approximate surface area is 69.9 Å². The standard InChI is InChI=1S/C7H5Cl2.H2O/c1-5-2-3-6(8)4-7(5)9;/h2-4H,1H2;1H2. The first-order valence-electron chi connectivity index (χ1n) is 2.47. The number of halogens is 2. The molecule has 0 saturated carbocycles. The van der Waals surface area contributed by atoms with Gasteiger partial charge in [-0.2, -0.15) is 0 Å². The molecule has 2 N–H and O–H groups in total. The highest BCUT2D eigenvalue weighted by atomic mass is 35.5. The molecule has 0 unspecified atom stereocenters. The van der Waals surface area contributed by atoms with Crippen molar-refractivity contribution in [3.05, 3.63) is 40.7 Å². The average Bonchev–Trinajstić information content (AvgIpc) is 1.80. The van der Waals surface area contributed by atoms with Crippen LogP contribution in [0.3, 0.4) is 0 Å². The van der Waals surface area contributed by atoms with E-state index < -0.39 is 0 Å². The molecule has 0 bridgehead atoms. The quantitative estimate of drug-likeness (QED) is 0.583. The van der Waals surface area contributed by atoms with Crippen LogP contribution >= 0.6 is 23.2 Å². The van der Waals surface area contributed by atoms with E-state index in [0.717, 1.165) is 5.56 Å². The Morgan fingerprint density at radius 3 is 2.20 bits per heavy atom. The highest BCUT2D eigenvalue weighted by Crippen LogP contribution is 2.19. The molecule has 1 aromatic rings. The van der Waals surface area contributed by atoms with Crippen molar-refractivity contribution < 1.29 is 5.48 Å². The Bertz CT molecular complexity index is 223. The van der Waals surface area contributed by atoms with Crippen molar-refractivity contribution >= 4 is 23.2 Å². The van der Waals surface area contributed by atoms with Crippen LogP contribution in [0.4, 0.5) is 0 Å². The van der Waals surface area contributed by atoms with E-state index in [1.54, 1.807) is 18.2 Å². The molecule has 0 spiro atoms. The van der Waals surface area contributed by atoms with E-state index >= 15 is 0 Å². The summed E-state index contributed by atoms with van der Waals surface area (Å²) < 4.78 is 0. The monoisotopic (exact) mass is 177 g/mol. The zero-order chi connectivity index (χ0) is 6.85. The third kappa shape index (κ3) is 2.18. The van der Waals surface area contributed by atoms with Gasteiger partial charge in [0.25, 0.3) is 0 Å². The lowest BCUT2D eigenvalue weighted by Crippen LogP contribution is -1.71. The highest BCUT2D eigenvalue weighted by molar-refractivity contribution is 6.35. The Hall–Kier alpha value is -0.240. The van der Waals surface area contributed by atoms with Crippen LogP contribution in [0, 0.1) is 6.92 Å². The summed E-state index contributed by atoms with van der Waals surface area (Å²) in [7, 11) is 0. The minimum Gasteiger partial charge on any atom is -0.412 e. The average molecular weight is 178 g/mol. The van der Waals surface area contributed by atoms with Gasteiger partial charge in [-0.25, -0.2) is 0 Å². The van der Waals surface area contributed by atoms with Crippen LogP contribution in [0.2, 0.25) is 10.0 Å². The Morgan fingerprint density at radius 2 is 1.80 bits per heavy atom. The Kier molecular flexibility index (Phi) is 3.72. The fourth-order valence-electron chi connectivity index (χ4n) is 0.522. The second-order valence-electron chi connectivity index (χ2n) is 1.74. The van der Waals surface area contributed by atoms with Crippen LogP contribution in [0.5, 0.6) is 0 Å². The SMILES string of the molecule is O.[CH2]c1ccc(Cl)cc1Cl. The van der Waals surface area contributed by atoms with E-state index in [0.29, 0.717) is 10.0 Å². The molecule has 0 aliphatic rings. The summed E-state index contributed by atoms with van der Waals surface area (Å²) in [6.45, 7) is 3.67. The topological polar surface area (TPSA) is 31.5 Å². The number of benzene rings is 1. The number of hydrogen-bond donors (Lipinski definition) is 0. The minimum absolute atomic E-state index is 0. The maximum Gasteiger partial charge on any atom is 0.0452 e. The fourth-order valence-corrected chi connectivity index (χ4v) is 0.930. The first-order valence-corrected chi connectivity index (χ1v) is 3.23. The van der Waals surface area contributed by atoms with Gasteiger partial charge in [0.1, 0.15) is 0 Å². The maximum atomic E-state index is 5.67. The summed E-state index contributed by atoms with van der Waals surface area (Å²) in [5, 5.41) is 1.26. The molecule has 3 heteroatoms. The summed E-state index contributed by atoms with van der Waals surface area (Å²) in [5.41, 5.74) is 0.807. The second kappa shape index (κ2) is 3.81. The normalized spacial score (nSPS) is 8.70. The summed E-state index contributed by atoms with van der Waals surface area (Å²) in [6.07, 6.45) is 0. The number of hydrogen-bond acceptors (Lipinski definition) is 0. The van der Waals surface area contributed by atoms with Crippen LogP contribution in [-0.4, -0.2) is 5.48 Å². The van der Waals surface area contributed by atoms with E-state index in [4.69, 9.17) is 23.2 Å². The zero-order valence-electron chi connectivity index (χ0n) is 5.20. The summed E-state index contributed by atoms with van der Waals surface area (Å²) in [5.74, 6) is 0. The molecular weight excluding hydrogens is 171 g/mol. The molecule has 1 aromatic carbocycles. The Balaban J connectivity index is 0.000000810. The van der Waals surface area contributed by atoms with E-state index in [9.17, 15) is 0 Å². The first-order chi connectivity index (χ1) is 4.20. The van der Waals surface area contributed by atoms with Crippen molar-refractivity contribution in [3.8, 4) is 0 Å². The van der Waals surface area contributed by atoms with Crippen molar-refractivity contribution in [3.63, 3.8) is 0 Å². The molecule has 0 heterocycles. The van der Waals surface area contributed by atoms with Crippen LogP contribution in [0.15, 0.2) is 18.2 Å². The molecule has 0 aromatic heterocycles. The summed E-state index contributed by atoms with van der Waals surface area (Å²) in [6, 6.07) is 5.21. The van der Waals surface area contributed by atoms with Gasteiger partial charge in [0.15, 0.2) is 0 Å². The lowest BCUT2D eigenvalue weighted by molar-refractivity contribution is 0.824. The van der Waals surface area contributed by atoms with E-state index in [-0.39, 0.29) is 5.48 Å². The molecule has 0 fully saturated rings. The van der Waals surface area contributed by atoms with Crippen molar-refractivity contribution in [2.24, 2.45) is 0 Å². The maximum absolute atomic E-state index is 5.67. The van der Waals surface area contributed by atoms with Crippen molar-refractivity contribution in [2.45, 2.75) is 0 Å². The second-order valence-corrected chi connectivity index (χ2v) is 2.58. The fraction of sp³-hybridized carbons (Fsp3) is 0. The van der Waals surface area contributed by atoms with E-state index in [2.05, 4.69) is 6.92 Å². The third-order valence-electron chi connectivity index (χ3n) is 1.02. The summed E-state index contributed by atoms with van der Waals surface area (Å²) in [4.78, 5) is 0. The Morgan fingerprint density at radius 1 is 1.20 bits per heavy atom. The van der Waals surface area contributed by atoms with Gasteiger partial charge in [0.05, 0.1) is 0 Å². The lowest BCUT2D eigenvalue weighted by Gasteiger charge is -1.94. The lowest BCUT2D eigenvalue weighted by atomic mass is 10.2. The summed E-state index contributed by atoms with van der Waals surface area (Å²) >= 11 is 11.3. The predicted octanol–water partition coefficient (Wildman–Crippen LogP) is 2.35. The molecule has 1 radical (unpaired) electrons. The molecule has 55 valence electrons. The van der Waals surface area contributed by atoms with Crippen LogP contribution in [-0.2, 0) is 0 Å². The van der Waals surface area contributed by atoms with Crippen LogP contribution in [0.25, 0.3) is 0 Å². The van der Waals surface area contributed by atoms with Gasteiger partial charge in [-0.15, -0.1) is 0 Å². The van der Waals surface area contributed by atoms with Gasteiger partial charge >= 0.3 is 0 Å². The predicted molar refractivity (Wildman–Crippen MR) is 44.5 cm³/mol. The van der Waals surface area contributed by atoms with Gasteiger partial charge in [-0.05, 0) is 24.6 Å². The molecule has 0 saturated heterocycles. The first kappa shape index (κ1) is 9.76. The van der Waals surface area contributed by atoms with Gasteiger partial charge < -0.3 is 5.48 Å². The third-order valence-corrected chi connectivity index (χ3v) is 1.60. The molecule has 1 rings (SSSR count). The van der Waals surface area contributed by atoms with Crippen LogP contribution < -0.4 is 0 Å². The van der Waals surface area contributed by atoms with Gasteiger partial charge in [-0.3, -0.25) is 0 Å². The molecule has 10 heavy (non-hydrogen) atoms. The largest absolute Gasteiger partial charge is 0.412 e. The van der Waals surface area contributed by atoms with Crippen molar-refractivity contribution in [1.29, 1.82) is 0 Å². The number of rotatable bonds is 0. The molecule has 0 amide bonds. The molecule has 0 aliphatic carbocycles. The molecule has 0 aliphatic heterocycles. The molecular formula is C7H7Cl2O. The zero-order valence-corrected chi connectivity index (χ0v) is 6.71. The minimum atomic E-state index is 0. The van der Waals surface area contributed by atoms with Crippen molar-refractivity contribution in [2.75, 3.05) is 0 Å². The van der Waals surface area contributed by atoms with Crippen LogP contribution in [0.1, 0.15) is 5.56 Å². The van der Waals surface area contributed by atoms with Gasteiger partial charge in [0.2, 0.25) is 0 Å². The molecule has 1 nitrogen and oxygen atoms in total. The highest BCUT2D eigenvalue weighted by Gasteiger charge is 1.92. The molecule has 0 atom stereocenters. The van der Waals surface area contributed by atoms with E-state index in [1.807, 2.05) is 0 Å². The van der Waals surface area contributed by atoms with Gasteiger partial charge in [-0.1, -0.05) is 29.3 Å².